The van der Waals surface area contributed by atoms with Crippen LogP contribution in [-0.2, 0) is 0 Å². The van der Waals surface area contributed by atoms with Crippen molar-refractivity contribution in [3.05, 3.63) is 119 Å². The summed E-state index contributed by atoms with van der Waals surface area (Å²) in [5.41, 5.74) is 3.17. The number of carbonyl (C=O) groups excluding carboxylic acids is 1. The van der Waals surface area contributed by atoms with E-state index in [1.54, 1.807) is 18.2 Å². The maximum Gasteiger partial charge on any atom is 0.339 e. The highest BCUT2D eigenvalue weighted by atomic mass is 16.4. The summed E-state index contributed by atoms with van der Waals surface area (Å²) < 4.78 is 0. The number of carbonyl (C=O) groups is 2. The summed E-state index contributed by atoms with van der Waals surface area (Å²) >= 11 is 0. The molecule has 4 rings (SSSR count). The molecule has 0 aliphatic carbocycles. The van der Waals surface area contributed by atoms with Crippen LogP contribution in [0.1, 0.15) is 31.8 Å². The second-order valence-corrected chi connectivity index (χ2v) is 7.03. The number of para-hydroxylation sites is 1. The van der Waals surface area contributed by atoms with Crippen molar-refractivity contribution in [1.82, 2.24) is 4.98 Å². The molecule has 160 valence electrons. The van der Waals surface area contributed by atoms with Crippen LogP contribution in [0.25, 0.3) is 0 Å². The van der Waals surface area contributed by atoms with Crippen molar-refractivity contribution in [3.63, 3.8) is 0 Å². The molecule has 0 saturated carbocycles. The molecule has 0 aliphatic rings. The van der Waals surface area contributed by atoms with Crippen LogP contribution in [0.15, 0.2) is 97.2 Å². The summed E-state index contributed by atoms with van der Waals surface area (Å²) in [5.74, 6) is 4.54. The number of benzene rings is 3. The van der Waals surface area contributed by atoms with Gasteiger partial charge in [-0.05, 0) is 54.6 Å². The second-order valence-electron chi connectivity index (χ2n) is 7.03. The molecule has 0 fully saturated rings. The Hall–Kier alpha value is -4.89. The number of carboxylic acid groups (broad SMARTS) is 1. The van der Waals surface area contributed by atoms with E-state index in [0.29, 0.717) is 11.3 Å². The first-order chi connectivity index (χ1) is 16.1. The molecule has 0 bridgehead atoms. The zero-order chi connectivity index (χ0) is 23.0. The van der Waals surface area contributed by atoms with Crippen LogP contribution in [0, 0.1) is 11.8 Å². The number of amides is 1. The molecule has 1 heterocycles. The molecule has 4 aromatic rings. The molecular formula is C27H19N3O3. The van der Waals surface area contributed by atoms with E-state index in [-0.39, 0.29) is 11.4 Å². The predicted octanol–water partition coefficient (Wildman–Crippen LogP) is 5.18. The quantitative estimate of drug-likeness (QED) is 0.378. The van der Waals surface area contributed by atoms with E-state index in [1.165, 1.54) is 18.3 Å². The molecule has 3 aromatic carbocycles. The summed E-state index contributed by atoms with van der Waals surface area (Å²) in [6.45, 7) is 0. The fraction of sp³-hybridized carbons (Fsp3) is 0. The van der Waals surface area contributed by atoms with E-state index in [4.69, 9.17) is 0 Å². The van der Waals surface area contributed by atoms with Gasteiger partial charge in [-0.2, -0.15) is 0 Å². The van der Waals surface area contributed by atoms with E-state index in [2.05, 4.69) is 27.5 Å². The minimum absolute atomic E-state index is 0.0198. The van der Waals surface area contributed by atoms with Crippen molar-refractivity contribution < 1.29 is 14.7 Å². The molecule has 0 spiro atoms. The lowest BCUT2D eigenvalue weighted by atomic mass is 10.1. The van der Waals surface area contributed by atoms with Crippen LogP contribution >= 0.6 is 0 Å². The van der Waals surface area contributed by atoms with Crippen LogP contribution < -0.4 is 10.6 Å². The van der Waals surface area contributed by atoms with Gasteiger partial charge in [0.2, 0.25) is 0 Å². The van der Waals surface area contributed by atoms with Crippen molar-refractivity contribution in [2.75, 3.05) is 10.6 Å². The van der Waals surface area contributed by atoms with Crippen molar-refractivity contribution >= 4 is 29.1 Å². The number of aromatic nitrogens is 1. The average molecular weight is 433 g/mol. The zero-order valence-corrected chi connectivity index (χ0v) is 17.4. The molecule has 0 saturated heterocycles. The predicted molar refractivity (Wildman–Crippen MR) is 128 cm³/mol. The molecule has 0 atom stereocenters. The molecule has 3 N–H and O–H groups in total. The third kappa shape index (κ3) is 5.43. The fourth-order valence-corrected chi connectivity index (χ4v) is 3.12. The van der Waals surface area contributed by atoms with Gasteiger partial charge in [-0.25, -0.2) is 9.78 Å². The van der Waals surface area contributed by atoms with Gasteiger partial charge < -0.3 is 15.7 Å². The van der Waals surface area contributed by atoms with E-state index in [1.807, 2.05) is 60.7 Å². The Morgan fingerprint density at radius 1 is 0.758 bits per heavy atom. The van der Waals surface area contributed by atoms with Gasteiger partial charge in [0, 0.05) is 23.0 Å². The lowest BCUT2D eigenvalue weighted by Gasteiger charge is -2.13. The van der Waals surface area contributed by atoms with Gasteiger partial charge in [-0.3, -0.25) is 4.79 Å². The lowest BCUT2D eigenvalue weighted by molar-refractivity contribution is 0.0697. The smallest absolute Gasteiger partial charge is 0.339 e. The zero-order valence-electron chi connectivity index (χ0n) is 17.4. The second kappa shape index (κ2) is 9.94. The Morgan fingerprint density at radius 2 is 1.45 bits per heavy atom. The number of nitrogens with zero attached hydrogens (tertiary/aromatic N) is 1. The summed E-state index contributed by atoms with van der Waals surface area (Å²) in [4.78, 5) is 28.5. The van der Waals surface area contributed by atoms with Gasteiger partial charge in [0.1, 0.15) is 11.4 Å². The Balaban J connectivity index is 1.68. The maximum absolute atomic E-state index is 13.1. The van der Waals surface area contributed by atoms with Gasteiger partial charge in [-0.1, -0.05) is 48.2 Å². The minimum Gasteiger partial charge on any atom is -0.478 e. The van der Waals surface area contributed by atoms with Crippen LogP contribution in [0.2, 0.25) is 0 Å². The summed E-state index contributed by atoms with van der Waals surface area (Å²) in [6, 6.07) is 27.1. The highest BCUT2D eigenvalue weighted by molar-refractivity contribution is 6.10. The first kappa shape index (κ1) is 21.3. The molecule has 0 radical (unpaired) electrons. The molecule has 0 unspecified atom stereocenters. The van der Waals surface area contributed by atoms with Crippen molar-refractivity contribution in [2.24, 2.45) is 0 Å². The highest BCUT2D eigenvalue weighted by Crippen LogP contribution is 2.24. The van der Waals surface area contributed by atoms with E-state index in [0.717, 1.165) is 16.8 Å². The third-order valence-corrected chi connectivity index (χ3v) is 4.71. The molecule has 1 amide bonds. The fourth-order valence-electron chi connectivity index (χ4n) is 3.12. The van der Waals surface area contributed by atoms with Gasteiger partial charge in [-0.15, -0.1) is 0 Å². The number of anilines is 3. The Kier molecular flexibility index (Phi) is 6.43. The standard InChI is InChI=1S/C27H19N3O3/c31-26(30-25-23(27(32)33)12-7-17-28-25)22-16-15-20(14-13-19-8-3-1-4-9-19)18-24(22)29-21-10-5-2-6-11-21/h1-12,15-18,29H,(H,32,33)(H,28,30,31). The number of hydrogen-bond acceptors (Lipinski definition) is 4. The third-order valence-electron chi connectivity index (χ3n) is 4.71. The van der Waals surface area contributed by atoms with E-state index in [9.17, 15) is 14.7 Å². The molecule has 33 heavy (non-hydrogen) atoms. The maximum atomic E-state index is 13.1. The topological polar surface area (TPSA) is 91.3 Å². The Labute approximate surface area is 190 Å². The lowest BCUT2D eigenvalue weighted by Crippen LogP contribution is -2.17. The number of rotatable bonds is 5. The van der Waals surface area contributed by atoms with E-state index >= 15 is 0 Å². The van der Waals surface area contributed by atoms with Gasteiger partial charge in [0.25, 0.3) is 5.91 Å². The van der Waals surface area contributed by atoms with Crippen molar-refractivity contribution in [1.29, 1.82) is 0 Å². The largest absolute Gasteiger partial charge is 0.478 e. The normalized spacial score (nSPS) is 9.94. The number of nitrogens with one attached hydrogen (secondary N) is 2. The minimum atomic E-state index is -1.17. The van der Waals surface area contributed by atoms with Crippen molar-refractivity contribution in [3.8, 4) is 11.8 Å². The Morgan fingerprint density at radius 3 is 2.18 bits per heavy atom. The van der Waals surface area contributed by atoms with Crippen molar-refractivity contribution in [2.45, 2.75) is 0 Å². The molecule has 0 aliphatic heterocycles. The SMILES string of the molecule is O=C(Nc1ncccc1C(=O)O)c1ccc(C#Cc2ccccc2)cc1Nc1ccccc1. The molecule has 1 aromatic heterocycles. The number of hydrogen-bond donors (Lipinski definition) is 3. The summed E-state index contributed by atoms with van der Waals surface area (Å²) in [7, 11) is 0. The van der Waals surface area contributed by atoms with Gasteiger partial charge in [0.05, 0.1) is 11.3 Å². The first-order valence-electron chi connectivity index (χ1n) is 10.1. The monoisotopic (exact) mass is 433 g/mol. The van der Waals surface area contributed by atoms with E-state index < -0.39 is 11.9 Å². The average Bonchev–Trinajstić information content (AvgIpc) is 2.84. The number of carboxylic acids is 1. The van der Waals surface area contributed by atoms with Crippen LogP contribution in [-0.4, -0.2) is 22.0 Å². The Bertz CT molecular complexity index is 1360. The number of aromatic carboxylic acids is 1. The summed E-state index contributed by atoms with van der Waals surface area (Å²) in [5, 5.41) is 15.2. The summed E-state index contributed by atoms with van der Waals surface area (Å²) in [6.07, 6.45) is 1.42. The van der Waals surface area contributed by atoms with Crippen LogP contribution in [0.5, 0.6) is 0 Å². The van der Waals surface area contributed by atoms with Gasteiger partial charge >= 0.3 is 5.97 Å². The first-order valence-corrected chi connectivity index (χ1v) is 10.1. The van der Waals surface area contributed by atoms with Crippen LogP contribution in [0.4, 0.5) is 17.2 Å². The highest BCUT2D eigenvalue weighted by Gasteiger charge is 2.17. The molecular weight excluding hydrogens is 414 g/mol. The number of pyridine rings is 1. The van der Waals surface area contributed by atoms with Crippen LogP contribution in [0.3, 0.4) is 0 Å². The molecule has 6 heteroatoms. The van der Waals surface area contributed by atoms with Gasteiger partial charge in [0.15, 0.2) is 0 Å². The molecule has 6 nitrogen and oxygen atoms in total.